The van der Waals surface area contributed by atoms with Gasteiger partial charge in [-0.15, -0.1) is 0 Å². The Labute approximate surface area is 127 Å². The molecule has 0 fully saturated rings. The summed E-state index contributed by atoms with van der Waals surface area (Å²) in [5, 5.41) is 2.77. The van der Waals surface area contributed by atoms with Gasteiger partial charge >= 0.3 is 0 Å². The smallest absolute Gasteiger partial charge is 0.256 e. The van der Waals surface area contributed by atoms with E-state index in [0.717, 1.165) is 4.47 Å². The van der Waals surface area contributed by atoms with E-state index in [4.69, 9.17) is 4.74 Å². The van der Waals surface area contributed by atoms with Gasteiger partial charge in [0.15, 0.2) is 0 Å². The fourth-order valence-electron chi connectivity index (χ4n) is 1.51. The number of carbonyl (C=O) groups is 1. The van der Waals surface area contributed by atoms with E-state index in [1.165, 1.54) is 7.11 Å². The van der Waals surface area contributed by atoms with Crippen LogP contribution < -0.4 is 10.1 Å². The molecule has 1 aromatic carbocycles. The molecular weight excluding hydrogens is 376 g/mol. The second-order valence-corrected chi connectivity index (χ2v) is 5.41. The Morgan fingerprint density at radius 2 is 2.11 bits per heavy atom. The lowest BCUT2D eigenvalue weighted by molar-refractivity contribution is 0.102. The highest BCUT2D eigenvalue weighted by Gasteiger charge is 2.13. The lowest BCUT2D eigenvalue weighted by atomic mass is 10.2. The van der Waals surface area contributed by atoms with Crippen molar-refractivity contribution in [3.05, 3.63) is 51.0 Å². The van der Waals surface area contributed by atoms with E-state index in [1.807, 2.05) is 6.07 Å². The number of ether oxygens (including phenoxy) is 1. The third-order valence-corrected chi connectivity index (χ3v) is 3.54. The summed E-state index contributed by atoms with van der Waals surface area (Å²) in [6.07, 6.45) is 1.60. The number of amides is 1. The number of anilines is 1. The van der Waals surface area contributed by atoms with Crippen LogP contribution >= 0.6 is 31.9 Å². The van der Waals surface area contributed by atoms with Crippen LogP contribution in [0.5, 0.6) is 5.88 Å². The van der Waals surface area contributed by atoms with Crippen LogP contribution in [0, 0.1) is 0 Å². The highest BCUT2D eigenvalue weighted by molar-refractivity contribution is 9.11. The first-order chi connectivity index (χ1) is 9.11. The van der Waals surface area contributed by atoms with Crippen LogP contribution in [0.2, 0.25) is 0 Å². The minimum atomic E-state index is -0.231. The Bertz CT molecular complexity index is 617. The van der Waals surface area contributed by atoms with Gasteiger partial charge in [-0.1, -0.05) is 15.9 Å². The number of carbonyl (C=O) groups excluding carboxylic acids is 1. The molecule has 0 unspecified atom stereocenters. The summed E-state index contributed by atoms with van der Waals surface area (Å²) < 4.78 is 6.69. The number of halogens is 2. The quantitative estimate of drug-likeness (QED) is 0.872. The highest BCUT2D eigenvalue weighted by Crippen LogP contribution is 2.25. The molecule has 0 aliphatic heterocycles. The lowest BCUT2D eigenvalue weighted by Crippen LogP contribution is -2.13. The van der Waals surface area contributed by atoms with E-state index in [1.54, 1.807) is 30.5 Å². The molecule has 6 heteroatoms. The van der Waals surface area contributed by atoms with Crippen molar-refractivity contribution < 1.29 is 9.53 Å². The van der Waals surface area contributed by atoms with Gasteiger partial charge in [0.05, 0.1) is 12.7 Å². The van der Waals surface area contributed by atoms with Gasteiger partial charge in [-0.05, 0) is 46.3 Å². The van der Waals surface area contributed by atoms with Crippen molar-refractivity contribution in [2.75, 3.05) is 12.4 Å². The first kappa shape index (κ1) is 14.0. The molecule has 0 aliphatic carbocycles. The minimum Gasteiger partial charge on any atom is -0.480 e. The van der Waals surface area contributed by atoms with E-state index in [-0.39, 0.29) is 5.91 Å². The molecule has 19 heavy (non-hydrogen) atoms. The predicted molar refractivity (Wildman–Crippen MR) is 80.6 cm³/mol. The van der Waals surface area contributed by atoms with Crippen LogP contribution in [0.4, 0.5) is 5.69 Å². The van der Waals surface area contributed by atoms with Gasteiger partial charge in [0.1, 0.15) is 5.69 Å². The van der Waals surface area contributed by atoms with Crippen molar-refractivity contribution >= 4 is 43.5 Å². The van der Waals surface area contributed by atoms with Gasteiger partial charge in [0.25, 0.3) is 5.91 Å². The summed E-state index contributed by atoms with van der Waals surface area (Å²) in [6.45, 7) is 0. The number of benzene rings is 1. The minimum absolute atomic E-state index is 0.231. The zero-order valence-electron chi connectivity index (χ0n) is 9.98. The molecule has 1 amide bonds. The van der Waals surface area contributed by atoms with Crippen molar-refractivity contribution in [3.8, 4) is 5.88 Å². The van der Waals surface area contributed by atoms with Gasteiger partial charge in [0, 0.05) is 15.1 Å². The van der Waals surface area contributed by atoms with Crippen LogP contribution in [-0.4, -0.2) is 18.0 Å². The standard InChI is InChI=1S/C13H10Br2N2O2/c1-19-13-11(3-2-6-16-13)17-12(18)9-5-4-8(14)7-10(9)15/h2-7H,1H3,(H,17,18). The number of aromatic nitrogens is 1. The summed E-state index contributed by atoms with van der Waals surface area (Å²) in [7, 11) is 1.51. The summed E-state index contributed by atoms with van der Waals surface area (Å²) in [6, 6.07) is 8.81. The summed E-state index contributed by atoms with van der Waals surface area (Å²) >= 11 is 6.70. The zero-order valence-corrected chi connectivity index (χ0v) is 13.2. The Kier molecular flexibility index (Phi) is 4.55. The molecule has 1 N–H and O–H groups in total. The largest absolute Gasteiger partial charge is 0.480 e. The second kappa shape index (κ2) is 6.16. The Balaban J connectivity index is 2.26. The number of hydrogen-bond acceptors (Lipinski definition) is 3. The Morgan fingerprint density at radius 1 is 1.32 bits per heavy atom. The monoisotopic (exact) mass is 384 g/mol. The summed E-state index contributed by atoms with van der Waals surface area (Å²) in [5.74, 6) is 0.148. The molecule has 2 rings (SSSR count). The van der Waals surface area contributed by atoms with Crippen molar-refractivity contribution in [2.45, 2.75) is 0 Å². The molecule has 0 bridgehead atoms. The predicted octanol–water partition coefficient (Wildman–Crippen LogP) is 3.87. The number of nitrogens with zero attached hydrogens (tertiary/aromatic N) is 1. The lowest BCUT2D eigenvalue weighted by Gasteiger charge is -2.09. The van der Waals surface area contributed by atoms with Crippen molar-refractivity contribution in [2.24, 2.45) is 0 Å². The van der Waals surface area contributed by atoms with Crippen molar-refractivity contribution in [3.63, 3.8) is 0 Å². The average molecular weight is 386 g/mol. The molecule has 4 nitrogen and oxygen atoms in total. The topological polar surface area (TPSA) is 51.2 Å². The van der Waals surface area contributed by atoms with E-state index in [9.17, 15) is 4.79 Å². The number of nitrogens with one attached hydrogen (secondary N) is 1. The molecule has 1 heterocycles. The molecule has 2 aromatic rings. The number of rotatable bonds is 3. The average Bonchev–Trinajstić information content (AvgIpc) is 2.39. The van der Waals surface area contributed by atoms with E-state index in [0.29, 0.717) is 21.6 Å². The van der Waals surface area contributed by atoms with Crippen molar-refractivity contribution in [1.82, 2.24) is 4.98 Å². The Hall–Kier alpha value is -1.40. The van der Waals surface area contributed by atoms with Crippen LogP contribution in [0.25, 0.3) is 0 Å². The molecule has 0 aliphatic rings. The fraction of sp³-hybridized carbons (Fsp3) is 0.0769. The second-order valence-electron chi connectivity index (χ2n) is 3.64. The van der Waals surface area contributed by atoms with E-state index in [2.05, 4.69) is 42.2 Å². The van der Waals surface area contributed by atoms with Crippen LogP contribution in [0.3, 0.4) is 0 Å². The first-order valence-electron chi connectivity index (χ1n) is 5.37. The van der Waals surface area contributed by atoms with E-state index < -0.39 is 0 Å². The van der Waals surface area contributed by atoms with Gasteiger partial charge < -0.3 is 10.1 Å². The third kappa shape index (κ3) is 3.33. The highest BCUT2D eigenvalue weighted by atomic mass is 79.9. The molecule has 1 aromatic heterocycles. The maximum atomic E-state index is 12.2. The summed E-state index contributed by atoms with van der Waals surface area (Å²) in [4.78, 5) is 16.2. The van der Waals surface area contributed by atoms with Crippen LogP contribution in [0.15, 0.2) is 45.5 Å². The van der Waals surface area contributed by atoms with Gasteiger partial charge in [0.2, 0.25) is 5.88 Å². The maximum Gasteiger partial charge on any atom is 0.256 e. The Morgan fingerprint density at radius 3 is 2.79 bits per heavy atom. The molecule has 0 radical (unpaired) electrons. The molecule has 0 atom stereocenters. The molecule has 0 saturated carbocycles. The molecular formula is C13H10Br2N2O2. The fourth-order valence-corrected chi connectivity index (χ4v) is 2.74. The van der Waals surface area contributed by atoms with Gasteiger partial charge in [-0.25, -0.2) is 4.98 Å². The van der Waals surface area contributed by atoms with E-state index >= 15 is 0 Å². The number of methoxy groups -OCH3 is 1. The zero-order chi connectivity index (χ0) is 13.8. The molecule has 98 valence electrons. The summed E-state index contributed by atoms with van der Waals surface area (Å²) in [5.41, 5.74) is 1.07. The maximum absolute atomic E-state index is 12.2. The SMILES string of the molecule is COc1ncccc1NC(=O)c1ccc(Br)cc1Br. The molecule has 0 saturated heterocycles. The van der Waals surface area contributed by atoms with Gasteiger partial charge in [-0.2, -0.15) is 0 Å². The van der Waals surface area contributed by atoms with Crippen LogP contribution in [0.1, 0.15) is 10.4 Å². The van der Waals surface area contributed by atoms with Gasteiger partial charge in [-0.3, -0.25) is 4.79 Å². The van der Waals surface area contributed by atoms with Crippen LogP contribution in [-0.2, 0) is 0 Å². The molecule has 0 spiro atoms. The third-order valence-electron chi connectivity index (χ3n) is 2.39. The number of pyridine rings is 1. The number of hydrogen-bond donors (Lipinski definition) is 1. The normalized spacial score (nSPS) is 10.1. The van der Waals surface area contributed by atoms with Crippen molar-refractivity contribution in [1.29, 1.82) is 0 Å². The first-order valence-corrected chi connectivity index (χ1v) is 6.96.